The van der Waals surface area contributed by atoms with Crippen LogP contribution in [0.5, 0.6) is 0 Å². The third-order valence-corrected chi connectivity index (χ3v) is 2.40. The molecule has 0 saturated heterocycles. The number of carbonyl (C=O) groups is 2. The SMILES string of the molecule is CCCCCCC(=O)N[C@@H](C)C(=O)OC(C)(C)C. The fraction of sp³-hybridized carbons (Fsp3) is 0.857. The Morgan fingerprint density at radius 2 is 1.78 bits per heavy atom. The molecule has 0 spiro atoms. The van der Waals surface area contributed by atoms with Gasteiger partial charge in [0.05, 0.1) is 0 Å². The van der Waals surface area contributed by atoms with Gasteiger partial charge in [0.25, 0.3) is 0 Å². The van der Waals surface area contributed by atoms with Crippen LogP contribution in [0, 0.1) is 0 Å². The zero-order valence-electron chi connectivity index (χ0n) is 12.3. The van der Waals surface area contributed by atoms with Crippen LogP contribution in [0.25, 0.3) is 0 Å². The van der Waals surface area contributed by atoms with Gasteiger partial charge >= 0.3 is 5.97 Å². The third kappa shape index (κ3) is 9.02. The molecule has 0 unspecified atom stereocenters. The van der Waals surface area contributed by atoms with E-state index in [1.165, 1.54) is 0 Å². The third-order valence-electron chi connectivity index (χ3n) is 2.40. The van der Waals surface area contributed by atoms with Crippen molar-refractivity contribution in [2.24, 2.45) is 0 Å². The summed E-state index contributed by atoms with van der Waals surface area (Å²) < 4.78 is 5.19. The van der Waals surface area contributed by atoms with Crippen LogP contribution >= 0.6 is 0 Å². The van der Waals surface area contributed by atoms with E-state index in [0.29, 0.717) is 6.42 Å². The molecule has 1 amide bonds. The van der Waals surface area contributed by atoms with Crippen LogP contribution < -0.4 is 5.32 Å². The van der Waals surface area contributed by atoms with Crippen LogP contribution in [-0.4, -0.2) is 23.5 Å². The van der Waals surface area contributed by atoms with Gasteiger partial charge in [0.15, 0.2) is 0 Å². The molecule has 1 atom stereocenters. The number of ether oxygens (including phenoxy) is 1. The fourth-order valence-corrected chi connectivity index (χ4v) is 1.48. The molecule has 0 aliphatic rings. The molecule has 4 nitrogen and oxygen atoms in total. The molecule has 1 N–H and O–H groups in total. The summed E-state index contributed by atoms with van der Waals surface area (Å²) >= 11 is 0. The topological polar surface area (TPSA) is 55.4 Å². The normalized spacial score (nSPS) is 12.9. The molecular formula is C14H27NO3. The number of hydrogen-bond acceptors (Lipinski definition) is 3. The van der Waals surface area contributed by atoms with E-state index < -0.39 is 11.6 Å². The van der Waals surface area contributed by atoms with Crippen LogP contribution in [0.1, 0.15) is 66.7 Å². The highest BCUT2D eigenvalue weighted by Crippen LogP contribution is 2.08. The molecule has 0 aromatic rings. The van der Waals surface area contributed by atoms with Crippen molar-refractivity contribution in [1.82, 2.24) is 5.32 Å². The lowest BCUT2D eigenvalue weighted by atomic mass is 10.1. The van der Waals surface area contributed by atoms with Crippen molar-refractivity contribution in [3.8, 4) is 0 Å². The molecule has 0 heterocycles. The van der Waals surface area contributed by atoms with E-state index in [9.17, 15) is 9.59 Å². The molecule has 0 aromatic heterocycles. The van der Waals surface area contributed by atoms with Crippen LogP contribution in [0.3, 0.4) is 0 Å². The van der Waals surface area contributed by atoms with Crippen molar-refractivity contribution in [2.75, 3.05) is 0 Å². The second-order valence-corrected chi connectivity index (χ2v) is 5.63. The van der Waals surface area contributed by atoms with Gasteiger partial charge in [-0.1, -0.05) is 26.2 Å². The summed E-state index contributed by atoms with van der Waals surface area (Å²) in [5.41, 5.74) is -0.517. The molecule has 0 saturated carbocycles. The predicted octanol–water partition coefficient (Wildman–Crippen LogP) is 2.80. The Kier molecular flexibility index (Phi) is 7.64. The van der Waals surface area contributed by atoms with Crippen molar-refractivity contribution in [3.05, 3.63) is 0 Å². The van der Waals surface area contributed by atoms with Crippen molar-refractivity contribution in [3.63, 3.8) is 0 Å². The first kappa shape index (κ1) is 16.9. The lowest BCUT2D eigenvalue weighted by molar-refractivity contribution is -0.158. The van der Waals surface area contributed by atoms with Gasteiger partial charge in [0, 0.05) is 6.42 Å². The minimum Gasteiger partial charge on any atom is -0.458 e. The summed E-state index contributed by atoms with van der Waals surface area (Å²) in [5.74, 6) is -0.464. The average molecular weight is 257 g/mol. The summed E-state index contributed by atoms with van der Waals surface area (Å²) in [6, 6.07) is -0.581. The Balaban J connectivity index is 3.89. The second kappa shape index (κ2) is 8.11. The van der Waals surface area contributed by atoms with Gasteiger partial charge in [0.2, 0.25) is 5.91 Å². The molecule has 0 bridgehead atoms. The summed E-state index contributed by atoms with van der Waals surface area (Å²) in [4.78, 5) is 23.2. The van der Waals surface area contributed by atoms with Gasteiger partial charge in [-0.3, -0.25) is 4.79 Å². The van der Waals surface area contributed by atoms with E-state index in [1.807, 2.05) is 20.8 Å². The molecule has 18 heavy (non-hydrogen) atoms. The highest BCUT2D eigenvalue weighted by Gasteiger charge is 2.22. The maximum atomic E-state index is 11.6. The van der Waals surface area contributed by atoms with Crippen LogP contribution in [0.2, 0.25) is 0 Å². The maximum absolute atomic E-state index is 11.6. The van der Waals surface area contributed by atoms with Crippen molar-refractivity contribution in [2.45, 2.75) is 78.4 Å². The minimum absolute atomic E-state index is 0.0792. The van der Waals surface area contributed by atoms with Gasteiger partial charge in [0.1, 0.15) is 11.6 Å². The summed E-state index contributed by atoms with van der Waals surface area (Å²) in [6.45, 7) is 9.21. The fourth-order valence-electron chi connectivity index (χ4n) is 1.48. The summed E-state index contributed by atoms with van der Waals surface area (Å²) in [5, 5.41) is 2.67. The lowest BCUT2D eigenvalue weighted by Gasteiger charge is -2.22. The lowest BCUT2D eigenvalue weighted by Crippen LogP contribution is -2.42. The van der Waals surface area contributed by atoms with Crippen molar-refractivity contribution < 1.29 is 14.3 Å². The van der Waals surface area contributed by atoms with E-state index in [1.54, 1.807) is 6.92 Å². The first-order valence-corrected chi connectivity index (χ1v) is 6.78. The van der Waals surface area contributed by atoms with Gasteiger partial charge in [-0.15, -0.1) is 0 Å². The Labute approximate surface area is 110 Å². The highest BCUT2D eigenvalue weighted by molar-refractivity contribution is 5.84. The quantitative estimate of drug-likeness (QED) is 0.563. The number of unbranched alkanes of at least 4 members (excludes halogenated alkanes) is 3. The first-order valence-electron chi connectivity index (χ1n) is 6.78. The standard InChI is InChI=1S/C14H27NO3/c1-6-7-8-9-10-12(16)15-11(2)13(17)18-14(3,4)5/h11H,6-10H2,1-5H3,(H,15,16)/t11-/m0/s1. The number of esters is 1. The predicted molar refractivity (Wildman–Crippen MR) is 72.2 cm³/mol. The second-order valence-electron chi connectivity index (χ2n) is 5.63. The zero-order valence-corrected chi connectivity index (χ0v) is 12.3. The van der Waals surface area contributed by atoms with E-state index >= 15 is 0 Å². The Hall–Kier alpha value is -1.06. The number of hydrogen-bond donors (Lipinski definition) is 1. The van der Waals surface area contributed by atoms with Gasteiger partial charge in [-0.25, -0.2) is 4.79 Å². The summed E-state index contributed by atoms with van der Waals surface area (Å²) in [6.07, 6.45) is 4.71. The van der Waals surface area contributed by atoms with Gasteiger partial charge in [-0.2, -0.15) is 0 Å². The number of carbonyl (C=O) groups excluding carboxylic acids is 2. The monoisotopic (exact) mass is 257 g/mol. The molecule has 0 aliphatic carbocycles. The van der Waals surface area contributed by atoms with Crippen LogP contribution in [0.4, 0.5) is 0 Å². The van der Waals surface area contributed by atoms with E-state index in [4.69, 9.17) is 4.74 Å². The molecular weight excluding hydrogens is 230 g/mol. The molecule has 0 radical (unpaired) electrons. The molecule has 0 aliphatic heterocycles. The minimum atomic E-state index is -0.581. The zero-order chi connectivity index (χ0) is 14.2. The van der Waals surface area contributed by atoms with E-state index in [2.05, 4.69) is 12.2 Å². The number of amides is 1. The smallest absolute Gasteiger partial charge is 0.328 e. The average Bonchev–Trinajstić information content (AvgIpc) is 2.22. The van der Waals surface area contributed by atoms with Crippen LogP contribution in [-0.2, 0) is 14.3 Å². The summed E-state index contributed by atoms with van der Waals surface area (Å²) in [7, 11) is 0. The van der Waals surface area contributed by atoms with Crippen LogP contribution in [0.15, 0.2) is 0 Å². The maximum Gasteiger partial charge on any atom is 0.328 e. The van der Waals surface area contributed by atoms with E-state index in [-0.39, 0.29) is 11.9 Å². The Morgan fingerprint density at radius 3 is 2.28 bits per heavy atom. The molecule has 0 fully saturated rings. The molecule has 4 heteroatoms. The number of nitrogens with one attached hydrogen (secondary N) is 1. The van der Waals surface area contributed by atoms with E-state index in [0.717, 1.165) is 25.7 Å². The molecule has 0 aromatic carbocycles. The Bertz CT molecular complexity index is 269. The van der Waals surface area contributed by atoms with Crippen molar-refractivity contribution in [1.29, 1.82) is 0 Å². The highest BCUT2D eigenvalue weighted by atomic mass is 16.6. The molecule has 0 rings (SSSR count). The molecule has 106 valence electrons. The first-order chi connectivity index (χ1) is 8.26. The number of rotatable bonds is 7. The Morgan fingerprint density at radius 1 is 1.17 bits per heavy atom. The van der Waals surface area contributed by atoms with Gasteiger partial charge in [-0.05, 0) is 34.1 Å². The largest absolute Gasteiger partial charge is 0.458 e. The van der Waals surface area contributed by atoms with Gasteiger partial charge < -0.3 is 10.1 Å². The van der Waals surface area contributed by atoms with Crippen molar-refractivity contribution >= 4 is 11.9 Å².